The van der Waals surface area contributed by atoms with Gasteiger partial charge in [0.25, 0.3) is 0 Å². The smallest absolute Gasteiger partial charge is 0.0379 e. The van der Waals surface area contributed by atoms with E-state index in [1.165, 1.54) is 11.1 Å². The third-order valence-corrected chi connectivity index (χ3v) is 2.11. The van der Waals surface area contributed by atoms with E-state index in [0.29, 0.717) is 5.92 Å². The lowest BCUT2D eigenvalue weighted by Crippen LogP contribution is -2.33. The molecular formula is C12H20N2. The van der Waals surface area contributed by atoms with Gasteiger partial charge in [0.05, 0.1) is 0 Å². The Bertz CT molecular complexity index is 264. The highest BCUT2D eigenvalue weighted by molar-refractivity contribution is 5.20. The van der Waals surface area contributed by atoms with Crippen LogP contribution in [0, 0.1) is 12.8 Å². The van der Waals surface area contributed by atoms with Gasteiger partial charge in [0.15, 0.2) is 0 Å². The molecular weight excluding hydrogens is 172 g/mol. The molecule has 14 heavy (non-hydrogen) atoms. The standard InChI is InChI=1S/C12H20N2/c1-10(2)8-14(13)9-12-6-4-11(3)5-7-12/h4-7,10H,8-9,13H2,1-3H3. The highest BCUT2D eigenvalue weighted by Gasteiger charge is 2.02. The second-order valence-corrected chi connectivity index (χ2v) is 4.31. The van der Waals surface area contributed by atoms with Gasteiger partial charge in [0.1, 0.15) is 0 Å². The Hall–Kier alpha value is -0.860. The molecule has 0 fully saturated rings. The first-order valence-electron chi connectivity index (χ1n) is 5.13. The zero-order chi connectivity index (χ0) is 10.6. The van der Waals surface area contributed by atoms with Crippen molar-refractivity contribution >= 4 is 0 Å². The van der Waals surface area contributed by atoms with E-state index < -0.39 is 0 Å². The normalized spacial score (nSPS) is 11.3. The fraction of sp³-hybridized carbons (Fsp3) is 0.500. The molecule has 0 saturated carbocycles. The second kappa shape index (κ2) is 5.13. The number of benzene rings is 1. The third-order valence-electron chi connectivity index (χ3n) is 2.11. The molecule has 0 atom stereocenters. The lowest BCUT2D eigenvalue weighted by atomic mass is 10.1. The molecule has 78 valence electrons. The number of nitrogens with two attached hydrogens (primary N) is 1. The van der Waals surface area contributed by atoms with Crippen LogP contribution in [0.5, 0.6) is 0 Å². The van der Waals surface area contributed by atoms with Gasteiger partial charge in [-0.2, -0.15) is 0 Å². The number of hydrazine groups is 1. The Kier molecular flexibility index (Phi) is 4.11. The summed E-state index contributed by atoms with van der Waals surface area (Å²) in [6.07, 6.45) is 0. The molecule has 2 N–H and O–H groups in total. The zero-order valence-corrected chi connectivity index (χ0v) is 9.33. The molecule has 0 unspecified atom stereocenters. The molecule has 2 nitrogen and oxygen atoms in total. The molecule has 1 rings (SSSR count). The van der Waals surface area contributed by atoms with E-state index in [4.69, 9.17) is 5.84 Å². The van der Waals surface area contributed by atoms with Gasteiger partial charge < -0.3 is 0 Å². The van der Waals surface area contributed by atoms with Gasteiger partial charge in [-0.3, -0.25) is 5.84 Å². The molecule has 0 aliphatic carbocycles. The monoisotopic (exact) mass is 192 g/mol. The maximum atomic E-state index is 5.88. The Morgan fingerprint density at radius 1 is 1.21 bits per heavy atom. The van der Waals surface area contributed by atoms with Crippen LogP contribution in [-0.4, -0.2) is 11.6 Å². The van der Waals surface area contributed by atoms with Crippen molar-refractivity contribution in [2.45, 2.75) is 27.3 Å². The van der Waals surface area contributed by atoms with Crippen molar-refractivity contribution in [1.29, 1.82) is 0 Å². The molecule has 1 aromatic rings. The maximum absolute atomic E-state index is 5.88. The minimum atomic E-state index is 0.616. The first kappa shape index (κ1) is 11.2. The van der Waals surface area contributed by atoms with Gasteiger partial charge in [-0.05, 0) is 18.4 Å². The molecule has 0 heterocycles. The van der Waals surface area contributed by atoms with E-state index in [1.807, 2.05) is 5.01 Å². The lowest BCUT2D eigenvalue weighted by molar-refractivity contribution is 0.243. The number of aryl methyl sites for hydroxylation is 1. The van der Waals surface area contributed by atoms with E-state index in [2.05, 4.69) is 45.0 Å². The first-order chi connectivity index (χ1) is 6.58. The van der Waals surface area contributed by atoms with Crippen molar-refractivity contribution in [2.75, 3.05) is 6.54 Å². The SMILES string of the molecule is Cc1ccc(CN(N)CC(C)C)cc1. The average molecular weight is 192 g/mol. The predicted molar refractivity (Wildman–Crippen MR) is 60.6 cm³/mol. The van der Waals surface area contributed by atoms with Crippen LogP contribution in [0.4, 0.5) is 0 Å². The van der Waals surface area contributed by atoms with Crippen molar-refractivity contribution < 1.29 is 0 Å². The van der Waals surface area contributed by atoms with Crippen LogP contribution >= 0.6 is 0 Å². The molecule has 0 saturated heterocycles. The van der Waals surface area contributed by atoms with Crippen LogP contribution in [-0.2, 0) is 6.54 Å². The summed E-state index contributed by atoms with van der Waals surface area (Å²) in [7, 11) is 0. The Labute approximate surface area is 86.7 Å². The molecule has 0 aromatic heterocycles. The first-order valence-corrected chi connectivity index (χ1v) is 5.13. The van der Waals surface area contributed by atoms with E-state index in [9.17, 15) is 0 Å². The van der Waals surface area contributed by atoms with Crippen molar-refractivity contribution in [3.63, 3.8) is 0 Å². The fourth-order valence-corrected chi connectivity index (χ4v) is 1.46. The fourth-order valence-electron chi connectivity index (χ4n) is 1.46. The largest absolute Gasteiger partial charge is 0.268 e. The number of hydrogen-bond donors (Lipinski definition) is 1. The van der Waals surface area contributed by atoms with Crippen molar-refractivity contribution in [3.8, 4) is 0 Å². The lowest BCUT2D eigenvalue weighted by Gasteiger charge is -2.18. The van der Waals surface area contributed by atoms with Gasteiger partial charge >= 0.3 is 0 Å². The summed E-state index contributed by atoms with van der Waals surface area (Å²) in [4.78, 5) is 0. The summed E-state index contributed by atoms with van der Waals surface area (Å²) in [5, 5.41) is 1.87. The van der Waals surface area contributed by atoms with Crippen LogP contribution in [0.2, 0.25) is 0 Å². The van der Waals surface area contributed by atoms with Crippen molar-refractivity contribution in [3.05, 3.63) is 35.4 Å². The molecule has 0 aliphatic rings. The van der Waals surface area contributed by atoms with Gasteiger partial charge in [-0.25, -0.2) is 5.01 Å². The van der Waals surface area contributed by atoms with Crippen LogP contribution in [0.15, 0.2) is 24.3 Å². The van der Waals surface area contributed by atoms with Gasteiger partial charge in [-0.1, -0.05) is 43.7 Å². The molecule has 1 aromatic carbocycles. The summed E-state index contributed by atoms with van der Waals surface area (Å²) in [6.45, 7) is 8.22. The molecule has 0 radical (unpaired) electrons. The Morgan fingerprint density at radius 2 is 1.79 bits per heavy atom. The van der Waals surface area contributed by atoms with E-state index in [0.717, 1.165) is 13.1 Å². The van der Waals surface area contributed by atoms with E-state index >= 15 is 0 Å². The quantitative estimate of drug-likeness (QED) is 0.586. The molecule has 2 heteroatoms. The van der Waals surface area contributed by atoms with Gasteiger partial charge in [-0.15, -0.1) is 0 Å². The maximum Gasteiger partial charge on any atom is 0.0379 e. The van der Waals surface area contributed by atoms with Crippen LogP contribution in [0.3, 0.4) is 0 Å². The summed E-state index contributed by atoms with van der Waals surface area (Å²) < 4.78 is 0. The van der Waals surface area contributed by atoms with E-state index in [1.54, 1.807) is 0 Å². The molecule has 0 amide bonds. The van der Waals surface area contributed by atoms with Crippen LogP contribution < -0.4 is 5.84 Å². The predicted octanol–water partition coefficient (Wildman–Crippen LogP) is 2.33. The number of rotatable bonds is 4. The number of hydrogen-bond acceptors (Lipinski definition) is 2. The Morgan fingerprint density at radius 3 is 2.29 bits per heavy atom. The average Bonchev–Trinajstić information content (AvgIpc) is 2.07. The van der Waals surface area contributed by atoms with Gasteiger partial charge in [0, 0.05) is 13.1 Å². The van der Waals surface area contributed by atoms with Crippen LogP contribution in [0.1, 0.15) is 25.0 Å². The van der Waals surface area contributed by atoms with Gasteiger partial charge in [0.2, 0.25) is 0 Å². The van der Waals surface area contributed by atoms with Crippen molar-refractivity contribution in [2.24, 2.45) is 11.8 Å². The molecule has 0 bridgehead atoms. The second-order valence-electron chi connectivity index (χ2n) is 4.31. The highest BCUT2D eigenvalue weighted by Crippen LogP contribution is 2.06. The summed E-state index contributed by atoms with van der Waals surface area (Å²) in [5.41, 5.74) is 2.57. The summed E-state index contributed by atoms with van der Waals surface area (Å²) in [5.74, 6) is 6.49. The zero-order valence-electron chi connectivity index (χ0n) is 9.33. The highest BCUT2D eigenvalue weighted by atomic mass is 15.4. The molecule has 0 spiro atoms. The number of nitrogens with zero attached hydrogens (tertiary/aromatic N) is 1. The van der Waals surface area contributed by atoms with E-state index in [-0.39, 0.29) is 0 Å². The minimum absolute atomic E-state index is 0.616. The third kappa shape index (κ3) is 3.90. The topological polar surface area (TPSA) is 29.3 Å². The summed E-state index contributed by atoms with van der Waals surface area (Å²) >= 11 is 0. The molecule has 0 aliphatic heterocycles. The Balaban J connectivity index is 2.47. The minimum Gasteiger partial charge on any atom is -0.268 e. The summed E-state index contributed by atoms with van der Waals surface area (Å²) in [6, 6.07) is 8.52. The van der Waals surface area contributed by atoms with Crippen molar-refractivity contribution in [1.82, 2.24) is 5.01 Å². The van der Waals surface area contributed by atoms with Crippen LogP contribution in [0.25, 0.3) is 0 Å².